The monoisotopic (exact) mass is 752 g/mol. The van der Waals surface area contributed by atoms with E-state index >= 15 is 0 Å². The number of Topliss-reactive ketones (excluding diaryl/α,β-unsaturated/α-hetero) is 1. The van der Waals surface area contributed by atoms with E-state index in [1.807, 2.05) is 67.6 Å². The molecule has 1 saturated carbocycles. The highest BCUT2D eigenvalue weighted by molar-refractivity contribution is 7.87. The quantitative estimate of drug-likeness (QED) is 0.0715. The number of hydrogen-bond acceptors (Lipinski definition) is 10. The molecule has 2 aliphatic carbocycles. The summed E-state index contributed by atoms with van der Waals surface area (Å²) in [6.07, 6.45) is 4.63. The minimum Gasteiger partial charge on any atom is -0.384 e. The van der Waals surface area contributed by atoms with Gasteiger partial charge >= 0.3 is 15.6 Å². The highest BCUT2D eigenvalue weighted by Gasteiger charge is 2.78. The van der Waals surface area contributed by atoms with Crippen molar-refractivity contribution in [2.75, 3.05) is 13.6 Å². The number of ether oxygens (including phenoxy) is 4. The Hall–Kier alpha value is -3.29. The zero-order valence-electron chi connectivity index (χ0n) is 30.2. The number of ketones is 1. The predicted molar refractivity (Wildman–Crippen MR) is 184 cm³/mol. The number of aliphatic hydroxyl groups is 2. The summed E-state index contributed by atoms with van der Waals surface area (Å²) in [5, 5.41) is 25.7. The van der Waals surface area contributed by atoms with E-state index in [9.17, 15) is 36.6 Å². The van der Waals surface area contributed by atoms with Crippen molar-refractivity contribution in [3.05, 3.63) is 83.1 Å². The molecule has 52 heavy (non-hydrogen) atoms. The van der Waals surface area contributed by atoms with Crippen molar-refractivity contribution < 1.29 is 59.7 Å². The molecule has 2 aromatic rings. The van der Waals surface area contributed by atoms with Gasteiger partial charge in [0.15, 0.2) is 5.76 Å². The molecule has 4 rings (SSSR count). The van der Waals surface area contributed by atoms with Gasteiger partial charge in [-0.2, -0.15) is 21.6 Å². The van der Waals surface area contributed by atoms with Crippen LogP contribution in [0.1, 0.15) is 71.9 Å². The van der Waals surface area contributed by atoms with Crippen LogP contribution in [0.5, 0.6) is 0 Å². The number of alkyl halides is 3. The molecule has 0 heterocycles. The van der Waals surface area contributed by atoms with Crippen molar-refractivity contribution in [2.45, 2.75) is 102 Å². The Morgan fingerprint density at radius 3 is 1.96 bits per heavy atom. The summed E-state index contributed by atoms with van der Waals surface area (Å²) in [5.74, 6) is -0.532. The van der Waals surface area contributed by atoms with Gasteiger partial charge in [0.2, 0.25) is 5.78 Å². The maximum absolute atomic E-state index is 14.4. The average Bonchev–Trinajstić information content (AvgIpc) is 3.20. The van der Waals surface area contributed by atoms with Gasteiger partial charge in [-0.1, -0.05) is 88.4 Å². The first-order valence-electron chi connectivity index (χ1n) is 16.8. The highest BCUT2D eigenvalue weighted by Crippen LogP contribution is 2.66. The molecule has 0 saturated heterocycles. The summed E-state index contributed by atoms with van der Waals surface area (Å²) in [7, 11) is -6.33. The SMILES string of the molecule is C#CCC(C)(C1(OCOCc2ccccc2)CCC(C)C(OCOCc2ccccc2)C1(C)O)C1(O)C(=O)C(OS(=O)(=O)C(F)(F)F)=C(C)C1(C)C. The van der Waals surface area contributed by atoms with Crippen LogP contribution in [0.25, 0.3) is 0 Å². The molecule has 2 aromatic carbocycles. The molecule has 0 spiro atoms. The standard InChI is InChI=1S/C38H47F3O10S/c1-8-20-34(6,37(44)31(42)30(27(3)33(37,4)5)51-52(45,46)38(39,40)41)36(50-25-48-23-29-17-13-10-14-18-29)21-19-26(2)32(35(36,7)43)49-24-47-22-28-15-11-9-12-16-28/h1,9-18,26,32,43-44H,19-25H2,2-7H3. The van der Waals surface area contributed by atoms with Gasteiger partial charge in [0, 0.05) is 17.3 Å². The summed E-state index contributed by atoms with van der Waals surface area (Å²) >= 11 is 0. The molecular weight excluding hydrogens is 705 g/mol. The molecule has 6 unspecified atom stereocenters. The van der Waals surface area contributed by atoms with Gasteiger partial charge in [-0.15, -0.1) is 12.3 Å². The third kappa shape index (κ3) is 7.04. The lowest BCUT2D eigenvalue weighted by atomic mass is 9.46. The number of terminal acetylenes is 1. The Balaban J connectivity index is 1.81. The number of hydrogen-bond donors (Lipinski definition) is 2. The fourth-order valence-corrected chi connectivity index (χ4v) is 8.54. The van der Waals surface area contributed by atoms with E-state index in [2.05, 4.69) is 10.1 Å². The first-order valence-corrected chi connectivity index (χ1v) is 18.2. The van der Waals surface area contributed by atoms with Crippen LogP contribution in [-0.2, 0) is 51.3 Å². The number of benzene rings is 2. The molecule has 2 N–H and O–H groups in total. The van der Waals surface area contributed by atoms with E-state index in [1.54, 1.807) is 0 Å². The second-order valence-electron chi connectivity index (χ2n) is 14.4. The zero-order valence-corrected chi connectivity index (χ0v) is 31.0. The second kappa shape index (κ2) is 15.2. The number of rotatable bonds is 15. The average molecular weight is 753 g/mol. The molecule has 0 amide bonds. The van der Waals surface area contributed by atoms with Gasteiger partial charge in [0.05, 0.1) is 19.3 Å². The Bertz CT molecular complexity index is 1750. The molecule has 1 fully saturated rings. The molecule has 6 atom stereocenters. The Morgan fingerprint density at radius 2 is 1.46 bits per heavy atom. The lowest BCUT2D eigenvalue weighted by Gasteiger charge is -2.65. The highest BCUT2D eigenvalue weighted by atomic mass is 32.2. The van der Waals surface area contributed by atoms with E-state index in [1.165, 1.54) is 34.6 Å². The fourth-order valence-electron chi connectivity index (χ4n) is 8.03. The predicted octanol–water partition coefficient (Wildman–Crippen LogP) is 6.17. The van der Waals surface area contributed by atoms with Crippen molar-refractivity contribution in [3.8, 4) is 12.3 Å². The van der Waals surface area contributed by atoms with Crippen molar-refractivity contribution in [2.24, 2.45) is 16.7 Å². The third-order valence-electron chi connectivity index (χ3n) is 11.1. The maximum Gasteiger partial charge on any atom is 0.534 e. The molecule has 14 heteroatoms. The van der Waals surface area contributed by atoms with Crippen molar-refractivity contribution >= 4 is 15.9 Å². The van der Waals surface area contributed by atoms with E-state index in [-0.39, 0.29) is 37.9 Å². The van der Waals surface area contributed by atoms with Gasteiger partial charge in [-0.05, 0) is 49.3 Å². The van der Waals surface area contributed by atoms with Crippen LogP contribution in [0.15, 0.2) is 72.0 Å². The Labute approximate surface area is 303 Å². The minimum absolute atomic E-state index is 0.0411. The summed E-state index contributed by atoms with van der Waals surface area (Å²) in [6.45, 7) is 8.08. The van der Waals surface area contributed by atoms with Gasteiger partial charge in [0.1, 0.15) is 30.4 Å². The van der Waals surface area contributed by atoms with Crippen LogP contribution in [0.4, 0.5) is 13.2 Å². The van der Waals surface area contributed by atoms with E-state index in [0.29, 0.717) is 6.42 Å². The molecule has 0 aromatic heterocycles. The van der Waals surface area contributed by atoms with Gasteiger partial charge in [-0.3, -0.25) is 4.79 Å². The smallest absolute Gasteiger partial charge is 0.384 e. The normalized spacial score (nSPS) is 29.1. The first-order chi connectivity index (χ1) is 24.1. The maximum atomic E-state index is 14.4. The molecule has 0 aliphatic heterocycles. The lowest BCUT2D eigenvalue weighted by molar-refractivity contribution is -0.347. The summed E-state index contributed by atoms with van der Waals surface area (Å²) in [4.78, 5) is 14.4. The number of carbonyl (C=O) groups excluding carboxylic acids is 1. The zero-order chi connectivity index (χ0) is 38.8. The van der Waals surface area contributed by atoms with Crippen LogP contribution in [-0.4, -0.2) is 66.4 Å². The van der Waals surface area contributed by atoms with Crippen LogP contribution in [0.3, 0.4) is 0 Å². The molecular formula is C38H47F3O10S. The Morgan fingerprint density at radius 1 is 0.942 bits per heavy atom. The van der Waals surface area contributed by atoms with Crippen LogP contribution in [0.2, 0.25) is 0 Å². The van der Waals surface area contributed by atoms with Crippen LogP contribution < -0.4 is 0 Å². The fraction of sp³-hybridized carbons (Fsp3) is 0.553. The summed E-state index contributed by atoms with van der Waals surface area (Å²) in [6, 6.07) is 18.4. The van der Waals surface area contributed by atoms with Gasteiger partial charge < -0.3 is 33.3 Å². The van der Waals surface area contributed by atoms with Crippen LogP contribution in [0, 0.1) is 29.1 Å². The summed E-state index contributed by atoms with van der Waals surface area (Å²) in [5.41, 5.74) is -15.3. The molecule has 2 aliphatic rings. The van der Waals surface area contributed by atoms with E-state index in [4.69, 9.17) is 25.4 Å². The van der Waals surface area contributed by atoms with Gasteiger partial charge in [-0.25, -0.2) is 0 Å². The third-order valence-corrected chi connectivity index (χ3v) is 12.1. The summed E-state index contributed by atoms with van der Waals surface area (Å²) < 4.78 is 93.8. The Kier molecular flexibility index (Phi) is 12.1. The topological polar surface area (TPSA) is 138 Å². The lowest BCUT2D eigenvalue weighted by Crippen LogP contribution is -2.78. The van der Waals surface area contributed by atoms with E-state index < -0.39 is 74.1 Å². The number of halogens is 3. The van der Waals surface area contributed by atoms with Crippen molar-refractivity contribution in [1.29, 1.82) is 0 Å². The number of carbonyl (C=O) groups is 1. The first kappa shape index (κ1) is 41.5. The largest absolute Gasteiger partial charge is 0.534 e. The van der Waals surface area contributed by atoms with Crippen LogP contribution >= 0.6 is 0 Å². The molecule has 10 nitrogen and oxygen atoms in total. The van der Waals surface area contributed by atoms with Crippen molar-refractivity contribution in [1.82, 2.24) is 0 Å². The van der Waals surface area contributed by atoms with Crippen molar-refractivity contribution in [3.63, 3.8) is 0 Å². The minimum atomic E-state index is -6.33. The molecule has 0 bridgehead atoms. The van der Waals surface area contributed by atoms with E-state index in [0.717, 1.165) is 11.1 Å². The second-order valence-corrected chi connectivity index (χ2v) is 16.0. The van der Waals surface area contributed by atoms with Gasteiger partial charge in [0.25, 0.3) is 0 Å². The molecule has 0 radical (unpaired) electrons. The molecule has 286 valence electrons.